The molecule has 31 heavy (non-hydrogen) atoms. The second kappa shape index (κ2) is 9.19. The predicted octanol–water partition coefficient (Wildman–Crippen LogP) is 5.84. The van der Waals surface area contributed by atoms with Crippen molar-refractivity contribution in [3.63, 3.8) is 0 Å². The molecule has 1 saturated heterocycles. The van der Waals surface area contributed by atoms with Gasteiger partial charge in [-0.2, -0.15) is 5.10 Å². The Labute approximate surface area is 194 Å². The minimum atomic E-state index is -0.553. The fourth-order valence-corrected chi connectivity index (χ4v) is 4.83. The van der Waals surface area contributed by atoms with Crippen molar-refractivity contribution in [3.8, 4) is 0 Å². The second-order valence-electron chi connectivity index (χ2n) is 8.76. The first-order valence-electron chi connectivity index (χ1n) is 10.8. The quantitative estimate of drug-likeness (QED) is 0.625. The van der Waals surface area contributed by atoms with Crippen LogP contribution in [0.2, 0.25) is 10.0 Å². The van der Waals surface area contributed by atoms with Crippen LogP contribution in [-0.4, -0.2) is 29.7 Å². The van der Waals surface area contributed by atoms with Crippen LogP contribution in [0.25, 0.3) is 0 Å². The highest BCUT2D eigenvalue weighted by molar-refractivity contribution is 6.42. The van der Waals surface area contributed by atoms with Crippen LogP contribution in [-0.2, 0) is 4.79 Å². The zero-order chi connectivity index (χ0) is 22.0. The monoisotopic (exact) mass is 458 g/mol. The molecule has 2 aromatic rings. The number of carbonyl (C=O) groups is 1. The van der Waals surface area contributed by atoms with Crippen molar-refractivity contribution >= 4 is 40.5 Å². The minimum Gasteiger partial charge on any atom is -0.284 e. The Morgan fingerprint density at radius 1 is 1.00 bits per heavy atom. The molecule has 2 aliphatic rings. The summed E-state index contributed by atoms with van der Waals surface area (Å²) < 4.78 is 0. The Morgan fingerprint density at radius 3 is 2.29 bits per heavy atom. The fraction of sp³-hybridized carbons (Fsp3) is 0.417. The Hall–Kier alpha value is -2.08. The van der Waals surface area contributed by atoms with Crippen molar-refractivity contribution in [2.24, 2.45) is 10.5 Å². The lowest BCUT2D eigenvalue weighted by atomic mass is 9.77. The summed E-state index contributed by atoms with van der Waals surface area (Å²) in [6.07, 6.45) is 4.60. The smallest absolute Gasteiger partial charge is 0.282 e. The number of para-hydroxylation sites is 1. The number of benzene rings is 2. The number of hydrogen-bond acceptors (Lipinski definition) is 4. The number of hydrazine groups is 1. The number of carbonyl (C=O) groups excluding carboxylic acids is 1. The molecule has 164 valence electrons. The molecule has 2 aromatic carbocycles. The number of rotatable bonds is 4. The summed E-state index contributed by atoms with van der Waals surface area (Å²) in [5.74, 6) is -0.152. The molecule has 1 fully saturated rings. The third-order valence-electron chi connectivity index (χ3n) is 6.11. The van der Waals surface area contributed by atoms with E-state index in [1.807, 2.05) is 58.5 Å². The van der Waals surface area contributed by atoms with E-state index in [-0.39, 0.29) is 11.9 Å². The SMILES string of the molecule is CC1(C)C(C(=O)NN2CCCCCC2)=NN(c2ccccc2Cl)C1c1ccc(Cl)cc1. The molecule has 1 unspecified atom stereocenters. The van der Waals surface area contributed by atoms with Gasteiger partial charge in [0, 0.05) is 23.5 Å². The van der Waals surface area contributed by atoms with Gasteiger partial charge in [-0.05, 0) is 42.7 Å². The van der Waals surface area contributed by atoms with E-state index in [1.54, 1.807) is 0 Å². The summed E-state index contributed by atoms with van der Waals surface area (Å²) in [5.41, 5.74) is 4.85. The van der Waals surface area contributed by atoms with Crippen LogP contribution in [0.1, 0.15) is 51.1 Å². The molecule has 2 heterocycles. The van der Waals surface area contributed by atoms with Crippen LogP contribution in [0, 0.1) is 5.41 Å². The molecule has 1 N–H and O–H groups in total. The van der Waals surface area contributed by atoms with Gasteiger partial charge >= 0.3 is 0 Å². The van der Waals surface area contributed by atoms with Gasteiger partial charge in [0.05, 0.1) is 16.8 Å². The zero-order valence-corrected chi connectivity index (χ0v) is 19.5. The first-order chi connectivity index (χ1) is 14.9. The Morgan fingerprint density at radius 2 is 1.65 bits per heavy atom. The van der Waals surface area contributed by atoms with Crippen LogP contribution in [0.3, 0.4) is 0 Å². The highest BCUT2D eigenvalue weighted by Gasteiger charge is 2.49. The van der Waals surface area contributed by atoms with Crippen LogP contribution in [0.5, 0.6) is 0 Å². The van der Waals surface area contributed by atoms with Crippen LogP contribution in [0.4, 0.5) is 5.69 Å². The Bertz CT molecular complexity index is 966. The van der Waals surface area contributed by atoms with Gasteiger partial charge in [0.1, 0.15) is 5.71 Å². The number of hydrazone groups is 1. The van der Waals surface area contributed by atoms with Crippen LogP contribution < -0.4 is 10.4 Å². The van der Waals surface area contributed by atoms with E-state index in [9.17, 15) is 4.79 Å². The Kier molecular flexibility index (Phi) is 6.56. The van der Waals surface area contributed by atoms with Crippen molar-refractivity contribution in [1.29, 1.82) is 0 Å². The lowest BCUT2D eigenvalue weighted by molar-refractivity contribution is -0.119. The van der Waals surface area contributed by atoms with E-state index in [1.165, 1.54) is 12.8 Å². The van der Waals surface area contributed by atoms with Crippen molar-refractivity contribution in [3.05, 3.63) is 64.1 Å². The number of nitrogens with zero attached hydrogens (tertiary/aromatic N) is 3. The molecule has 0 saturated carbocycles. The van der Waals surface area contributed by atoms with Crippen molar-refractivity contribution in [2.45, 2.75) is 45.6 Å². The highest BCUT2D eigenvalue weighted by atomic mass is 35.5. The van der Waals surface area contributed by atoms with E-state index < -0.39 is 5.41 Å². The van der Waals surface area contributed by atoms with Gasteiger partial charge in [-0.1, -0.05) is 74.2 Å². The van der Waals surface area contributed by atoms with E-state index in [4.69, 9.17) is 28.3 Å². The Balaban J connectivity index is 1.71. The third kappa shape index (κ3) is 4.59. The normalized spacial score (nSPS) is 21.5. The van der Waals surface area contributed by atoms with Gasteiger partial charge in [-0.25, -0.2) is 5.01 Å². The summed E-state index contributed by atoms with van der Waals surface area (Å²) in [4.78, 5) is 13.4. The van der Waals surface area contributed by atoms with Gasteiger partial charge in [-0.15, -0.1) is 0 Å². The largest absolute Gasteiger partial charge is 0.284 e. The zero-order valence-electron chi connectivity index (χ0n) is 17.9. The van der Waals surface area contributed by atoms with Gasteiger partial charge in [0.25, 0.3) is 5.91 Å². The summed E-state index contributed by atoms with van der Waals surface area (Å²) in [6, 6.07) is 15.1. The van der Waals surface area contributed by atoms with Gasteiger partial charge in [0.2, 0.25) is 0 Å². The first kappa shape index (κ1) is 22.1. The molecule has 1 atom stereocenters. The van der Waals surface area contributed by atoms with E-state index in [2.05, 4.69) is 19.3 Å². The second-order valence-corrected chi connectivity index (χ2v) is 9.61. The highest BCUT2D eigenvalue weighted by Crippen LogP contribution is 2.48. The molecule has 0 radical (unpaired) electrons. The van der Waals surface area contributed by atoms with Crippen LogP contribution >= 0.6 is 23.2 Å². The first-order valence-corrected chi connectivity index (χ1v) is 11.6. The topological polar surface area (TPSA) is 47.9 Å². The molecule has 1 amide bonds. The van der Waals surface area contributed by atoms with Crippen molar-refractivity contribution < 1.29 is 4.79 Å². The summed E-state index contributed by atoms with van der Waals surface area (Å²) in [6.45, 7) is 5.86. The summed E-state index contributed by atoms with van der Waals surface area (Å²) >= 11 is 12.7. The van der Waals surface area contributed by atoms with Gasteiger partial charge in [-0.3, -0.25) is 15.2 Å². The molecule has 7 heteroatoms. The summed E-state index contributed by atoms with van der Waals surface area (Å²) in [7, 11) is 0. The van der Waals surface area contributed by atoms with Gasteiger partial charge in [0.15, 0.2) is 0 Å². The molecule has 5 nitrogen and oxygen atoms in total. The molecular weight excluding hydrogens is 431 g/mol. The number of nitrogens with one attached hydrogen (secondary N) is 1. The molecule has 0 aliphatic carbocycles. The van der Waals surface area contributed by atoms with E-state index in [0.717, 1.165) is 37.2 Å². The van der Waals surface area contributed by atoms with E-state index >= 15 is 0 Å². The third-order valence-corrected chi connectivity index (χ3v) is 6.68. The molecule has 2 aliphatic heterocycles. The average molecular weight is 459 g/mol. The molecule has 0 bridgehead atoms. The van der Waals surface area contributed by atoms with E-state index in [0.29, 0.717) is 15.8 Å². The standard InChI is InChI=1S/C24H28Cl2N4O/c1-24(2)21(23(31)28-29-15-7-3-4-8-16-29)27-30(20-10-6-5-9-19(20)26)22(24)17-11-13-18(25)14-12-17/h5-6,9-14,22H,3-4,7-8,15-16H2,1-2H3,(H,28,31). The molecule has 0 aromatic heterocycles. The average Bonchev–Trinajstić information content (AvgIpc) is 2.87. The maximum absolute atomic E-state index is 13.4. The van der Waals surface area contributed by atoms with Crippen LogP contribution in [0.15, 0.2) is 53.6 Å². The predicted molar refractivity (Wildman–Crippen MR) is 128 cm³/mol. The number of anilines is 1. The number of amides is 1. The molecule has 4 rings (SSSR count). The molecular formula is C24H28Cl2N4O. The lowest BCUT2D eigenvalue weighted by Gasteiger charge is -2.34. The fourth-order valence-electron chi connectivity index (χ4n) is 4.48. The number of hydrogen-bond donors (Lipinski definition) is 1. The molecule has 0 spiro atoms. The van der Waals surface area contributed by atoms with Crippen molar-refractivity contribution in [2.75, 3.05) is 18.1 Å². The number of halogens is 2. The maximum Gasteiger partial charge on any atom is 0.282 e. The minimum absolute atomic E-state index is 0.152. The van der Waals surface area contributed by atoms with Gasteiger partial charge < -0.3 is 0 Å². The summed E-state index contributed by atoms with van der Waals surface area (Å²) in [5, 5.41) is 10.0. The maximum atomic E-state index is 13.4. The van der Waals surface area contributed by atoms with Crippen molar-refractivity contribution in [1.82, 2.24) is 10.4 Å². The lowest BCUT2D eigenvalue weighted by Crippen LogP contribution is -2.49.